The smallest absolute Gasteiger partial charge is 0.0353 e. The summed E-state index contributed by atoms with van der Waals surface area (Å²) in [6.07, 6.45) is 3.94. The Morgan fingerprint density at radius 3 is 1.32 bits per heavy atom. The van der Waals surface area contributed by atoms with Crippen LogP contribution < -0.4 is 0 Å². The fraction of sp³-hybridized carbons (Fsp3) is 0.242. The highest BCUT2D eigenvalue weighted by Gasteiger charge is 2.19. The molecule has 0 fully saturated rings. The molecule has 0 aliphatic carbocycles. The molecule has 0 radical (unpaired) electrons. The summed E-state index contributed by atoms with van der Waals surface area (Å²) < 4.78 is 0. The van der Waals surface area contributed by atoms with Crippen LogP contribution in [0.3, 0.4) is 0 Å². The number of rotatable bonds is 2. The van der Waals surface area contributed by atoms with E-state index in [-0.39, 0.29) is 10.8 Å². The van der Waals surface area contributed by atoms with Gasteiger partial charge in [-0.2, -0.15) is 0 Å². The third kappa shape index (κ3) is 3.90. The van der Waals surface area contributed by atoms with Crippen LogP contribution in [0, 0.1) is 0 Å². The van der Waals surface area contributed by atoms with Crippen LogP contribution in [0.4, 0.5) is 0 Å². The van der Waals surface area contributed by atoms with Gasteiger partial charge in [-0.3, -0.25) is 4.98 Å². The van der Waals surface area contributed by atoms with Gasteiger partial charge in [-0.25, -0.2) is 0 Å². The number of pyridine rings is 1. The van der Waals surface area contributed by atoms with Crippen molar-refractivity contribution in [1.29, 1.82) is 0 Å². The first-order valence-electron chi connectivity index (χ1n) is 12.1. The van der Waals surface area contributed by atoms with E-state index in [2.05, 4.69) is 125 Å². The largest absolute Gasteiger partial charge is 0.264 e. The highest BCUT2D eigenvalue weighted by molar-refractivity contribution is 6.21. The molecule has 0 N–H and O–H groups in total. The molecule has 0 aliphatic rings. The van der Waals surface area contributed by atoms with Crippen LogP contribution in [0.25, 0.3) is 43.8 Å². The van der Waals surface area contributed by atoms with E-state index >= 15 is 0 Å². The third-order valence-corrected chi connectivity index (χ3v) is 6.90. The summed E-state index contributed by atoms with van der Waals surface area (Å²) in [5.74, 6) is 0. The Morgan fingerprint density at radius 2 is 0.882 bits per heavy atom. The van der Waals surface area contributed by atoms with Crippen LogP contribution in [-0.2, 0) is 10.8 Å². The zero-order valence-corrected chi connectivity index (χ0v) is 21.1. The Kier molecular flexibility index (Phi) is 5.32. The fourth-order valence-corrected chi connectivity index (χ4v) is 4.92. The predicted octanol–water partition coefficient (Wildman–Crippen LogP) is 9.32. The summed E-state index contributed by atoms with van der Waals surface area (Å²) in [6.45, 7) is 13.6. The first-order chi connectivity index (χ1) is 16.1. The molecule has 0 amide bonds. The number of benzene rings is 4. The molecular weight excluding hydrogens is 410 g/mol. The lowest BCUT2D eigenvalue weighted by molar-refractivity contribution is 0.590. The quantitative estimate of drug-likeness (QED) is 0.248. The molecule has 0 saturated heterocycles. The van der Waals surface area contributed by atoms with Crippen molar-refractivity contribution in [2.45, 2.75) is 52.4 Å². The number of fused-ring (bicyclic) bond motifs is 2. The normalized spacial score (nSPS) is 12.4. The lowest BCUT2D eigenvalue weighted by Crippen LogP contribution is -2.10. The van der Waals surface area contributed by atoms with Crippen LogP contribution in [-0.4, -0.2) is 4.98 Å². The number of hydrogen-bond acceptors (Lipinski definition) is 1. The molecular formula is C33H33N. The predicted molar refractivity (Wildman–Crippen MR) is 148 cm³/mol. The average molecular weight is 444 g/mol. The molecule has 5 aromatic rings. The molecule has 0 unspecified atom stereocenters. The second kappa shape index (κ2) is 8.09. The van der Waals surface area contributed by atoms with E-state index in [0.29, 0.717) is 0 Å². The fourth-order valence-electron chi connectivity index (χ4n) is 4.92. The second-order valence-corrected chi connectivity index (χ2v) is 11.4. The van der Waals surface area contributed by atoms with Gasteiger partial charge >= 0.3 is 0 Å². The Bertz CT molecular complexity index is 1300. The standard InChI is InChI=1S/C33H33N/c1-32(2,3)24-15-11-22(12-16-24)30-26-9-7-8-10-27(26)31(29-21-34-20-19-28(29)30)23-13-17-25(18-14-23)33(4,5)6/h7-21H,1-6H3. The van der Waals surface area contributed by atoms with Crippen molar-refractivity contribution in [3.63, 3.8) is 0 Å². The van der Waals surface area contributed by atoms with Gasteiger partial charge in [0.1, 0.15) is 0 Å². The molecule has 1 nitrogen and oxygen atoms in total. The minimum atomic E-state index is 0.132. The molecule has 34 heavy (non-hydrogen) atoms. The van der Waals surface area contributed by atoms with Crippen molar-refractivity contribution in [3.8, 4) is 22.3 Å². The molecule has 1 heterocycles. The van der Waals surface area contributed by atoms with Crippen LogP contribution in [0.2, 0.25) is 0 Å². The molecule has 1 heteroatoms. The molecule has 5 rings (SSSR count). The Balaban J connectivity index is 1.81. The van der Waals surface area contributed by atoms with Gasteiger partial charge in [0.15, 0.2) is 0 Å². The summed E-state index contributed by atoms with van der Waals surface area (Å²) in [4.78, 5) is 4.54. The maximum absolute atomic E-state index is 4.54. The van der Waals surface area contributed by atoms with Crippen molar-refractivity contribution in [1.82, 2.24) is 4.98 Å². The maximum Gasteiger partial charge on any atom is 0.0353 e. The second-order valence-electron chi connectivity index (χ2n) is 11.4. The molecule has 0 bridgehead atoms. The summed E-state index contributed by atoms with van der Waals surface area (Å²) in [5, 5.41) is 4.98. The van der Waals surface area contributed by atoms with E-state index in [9.17, 15) is 0 Å². The first-order valence-corrected chi connectivity index (χ1v) is 12.1. The molecule has 0 atom stereocenters. The lowest BCUT2D eigenvalue weighted by atomic mass is 9.83. The number of hydrogen-bond donors (Lipinski definition) is 0. The van der Waals surface area contributed by atoms with E-state index < -0.39 is 0 Å². The van der Waals surface area contributed by atoms with Crippen LogP contribution >= 0.6 is 0 Å². The van der Waals surface area contributed by atoms with E-state index in [1.54, 1.807) is 0 Å². The van der Waals surface area contributed by atoms with Gasteiger partial charge in [-0.15, -0.1) is 0 Å². The van der Waals surface area contributed by atoms with Crippen molar-refractivity contribution in [2.24, 2.45) is 0 Å². The first kappa shape index (κ1) is 22.3. The highest BCUT2D eigenvalue weighted by atomic mass is 14.6. The molecule has 170 valence electrons. The summed E-state index contributed by atoms with van der Waals surface area (Å²) in [7, 11) is 0. The van der Waals surface area contributed by atoms with Gasteiger partial charge in [0.25, 0.3) is 0 Å². The number of nitrogens with zero attached hydrogens (tertiary/aromatic N) is 1. The van der Waals surface area contributed by atoms with Gasteiger partial charge in [0, 0.05) is 17.8 Å². The van der Waals surface area contributed by atoms with Gasteiger partial charge in [-0.1, -0.05) is 114 Å². The van der Waals surface area contributed by atoms with Gasteiger partial charge < -0.3 is 0 Å². The average Bonchev–Trinajstić information content (AvgIpc) is 2.81. The van der Waals surface area contributed by atoms with Crippen LogP contribution in [0.5, 0.6) is 0 Å². The summed E-state index contributed by atoms with van der Waals surface area (Å²) in [5.41, 5.74) is 7.98. The van der Waals surface area contributed by atoms with Gasteiger partial charge in [-0.05, 0) is 66.4 Å². The number of aromatic nitrogens is 1. The monoisotopic (exact) mass is 443 g/mol. The molecule has 0 spiro atoms. The van der Waals surface area contributed by atoms with Crippen molar-refractivity contribution in [3.05, 3.63) is 102 Å². The summed E-state index contributed by atoms with van der Waals surface area (Å²) in [6, 6.07) is 29.2. The van der Waals surface area contributed by atoms with Crippen molar-refractivity contribution in [2.75, 3.05) is 0 Å². The minimum absolute atomic E-state index is 0.132. The Morgan fingerprint density at radius 1 is 0.471 bits per heavy atom. The van der Waals surface area contributed by atoms with Crippen molar-refractivity contribution < 1.29 is 0 Å². The van der Waals surface area contributed by atoms with E-state index in [0.717, 1.165) is 0 Å². The summed E-state index contributed by atoms with van der Waals surface area (Å²) >= 11 is 0. The SMILES string of the molecule is CC(C)(C)c1ccc(-c2c3ccccc3c(-c3ccc(C(C)(C)C)cc3)c3cnccc23)cc1. The molecule has 1 aromatic heterocycles. The van der Waals surface area contributed by atoms with Crippen LogP contribution in [0.1, 0.15) is 52.7 Å². The Hall–Kier alpha value is -3.45. The maximum atomic E-state index is 4.54. The van der Waals surface area contributed by atoms with E-state index in [1.807, 2.05) is 12.4 Å². The van der Waals surface area contributed by atoms with E-state index in [4.69, 9.17) is 0 Å². The van der Waals surface area contributed by atoms with Gasteiger partial charge in [0.05, 0.1) is 0 Å². The van der Waals surface area contributed by atoms with Crippen LogP contribution in [0.15, 0.2) is 91.3 Å². The molecule has 0 aliphatic heterocycles. The lowest BCUT2D eigenvalue weighted by Gasteiger charge is -2.21. The zero-order valence-electron chi connectivity index (χ0n) is 21.1. The Labute approximate surface area is 203 Å². The molecule has 4 aromatic carbocycles. The van der Waals surface area contributed by atoms with E-state index in [1.165, 1.54) is 54.9 Å². The van der Waals surface area contributed by atoms with Gasteiger partial charge in [0.2, 0.25) is 0 Å². The van der Waals surface area contributed by atoms with Crippen molar-refractivity contribution >= 4 is 21.5 Å². The zero-order chi connectivity index (χ0) is 24.1. The minimum Gasteiger partial charge on any atom is -0.264 e. The highest BCUT2D eigenvalue weighted by Crippen LogP contribution is 2.43. The topological polar surface area (TPSA) is 12.9 Å². The molecule has 0 saturated carbocycles. The third-order valence-electron chi connectivity index (χ3n) is 6.90.